The monoisotopic (exact) mass is 729 g/mol. The smallest absolute Gasteiger partial charge is 0.462 e. The van der Waals surface area contributed by atoms with Crippen LogP contribution < -0.4 is 0 Å². The first kappa shape index (κ1) is 48.5. The second-order valence-electron chi connectivity index (χ2n) is 14.0. The molecule has 9 heteroatoms. The van der Waals surface area contributed by atoms with Crippen molar-refractivity contribution in [1.29, 1.82) is 0 Å². The van der Waals surface area contributed by atoms with Gasteiger partial charge < -0.3 is 19.3 Å². The molecule has 0 unspecified atom stereocenters. The highest BCUT2D eigenvalue weighted by atomic mass is 31.2. The summed E-state index contributed by atoms with van der Waals surface area (Å²) in [5.41, 5.74) is 0. The number of unbranched alkanes of at least 4 members (excludes halogenated alkanes) is 24. The van der Waals surface area contributed by atoms with Gasteiger partial charge in [0.2, 0.25) is 0 Å². The number of rotatable bonds is 38. The van der Waals surface area contributed by atoms with Crippen molar-refractivity contribution in [2.75, 3.05) is 13.2 Å². The second kappa shape index (κ2) is 37.3. The topological polar surface area (TPSA) is 119 Å². The lowest BCUT2D eigenvalue weighted by molar-refractivity contribution is -0.161. The van der Waals surface area contributed by atoms with Gasteiger partial charge in [-0.3, -0.25) is 14.1 Å². The first-order valence-corrected chi connectivity index (χ1v) is 22.2. The fraction of sp³-hybridized carbons (Fsp3) is 0.854. The highest BCUT2D eigenvalue weighted by Gasteiger charge is 2.22. The summed E-state index contributed by atoms with van der Waals surface area (Å²) >= 11 is 0. The van der Waals surface area contributed by atoms with E-state index in [2.05, 4.69) is 42.7 Å². The van der Waals surface area contributed by atoms with Crippen LogP contribution in [0.4, 0.5) is 0 Å². The van der Waals surface area contributed by atoms with Crippen molar-refractivity contribution in [2.24, 2.45) is 0 Å². The predicted molar refractivity (Wildman–Crippen MR) is 207 cm³/mol. The third kappa shape index (κ3) is 39.3. The minimum Gasteiger partial charge on any atom is -0.462 e. The SMILES string of the molecule is CCCCCCCC/C=C/CCCCCCCCCC(=O)OC[C@H](COP(=O)(O)O)OC(=O)CCCCC/C=C/CCCCCCCCCC. The van der Waals surface area contributed by atoms with E-state index in [-0.39, 0.29) is 19.4 Å². The minimum atomic E-state index is -4.75. The summed E-state index contributed by atoms with van der Waals surface area (Å²) in [6, 6.07) is 0. The highest BCUT2D eigenvalue weighted by Crippen LogP contribution is 2.36. The van der Waals surface area contributed by atoms with E-state index in [4.69, 9.17) is 19.3 Å². The third-order valence-electron chi connectivity index (χ3n) is 8.94. The molecule has 2 N–H and O–H groups in total. The molecule has 0 rings (SSSR count). The fourth-order valence-corrected chi connectivity index (χ4v) is 6.19. The van der Waals surface area contributed by atoms with Gasteiger partial charge in [-0.2, -0.15) is 0 Å². The molecule has 0 aromatic heterocycles. The maximum absolute atomic E-state index is 12.4. The zero-order valence-corrected chi connectivity index (χ0v) is 33.2. The molecule has 0 saturated carbocycles. The molecule has 0 saturated heterocycles. The van der Waals surface area contributed by atoms with Gasteiger partial charge in [0.25, 0.3) is 0 Å². The number of carbonyl (C=O) groups excluding carboxylic acids is 2. The molecule has 0 aliphatic heterocycles. The zero-order valence-electron chi connectivity index (χ0n) is 32.3. The fourth-order valence-electron chi connectivity index (χ4n) is 5.83. The van der Waals surface area contributed by atoms with Gasteiger partial charge in [-0.25, -0.2) is 4.57 Å². The number of esters is 2. The first-order chi connectivity index (χ1) is 24.3. The van der Waals surface area contributed by atoms with Crippen molar-refractivity contribution in [3.05, 3.63) is 24.3 Å². The summed E-state index contributed by atoms with van der Waals surface area (Å²) in [5, 5.41) is 0. The molecule has 0 spiro atoms. The van der Waals surface area contributed by atoms with Gasteiger partial charge in [0.05, 0.1) is 6.61 Å². The average Bonchev–Trinajstić information content (AvgIpc) is 3.08. The van der Waals surface area contributed by atoms with Crippen LogP contribution in [0.15, 0.2) is 24.3 Å². The Balaban J connectivity index is 3.94. The molecule has 0 bridgehead atoms. The molecular weight excluding hydrogens is 651 g/mol. The van der Waals surface area contributed by atoms with Crippen LogP contribution in [0.1, 0.15) is 206 Å². The van der Waals surface area contributed by atoms with Gasteiger partial charge >= 0.3 is 19.8 Å². The summed E-state index contributed by atoms with van der Waals surface area (Å²) in [6.07, 6.45) is 41.8. The Labute approximate surface area is 307 Å². The molecule has 0 radical (unpaired) electrons. The Kier molecular flexibility index (Phi) is 36.2. The van der Waals surface area contributed by atoms with Crippen LogP contribution in [0.5, 0.6) is 0 Å². The molecule has 0 aliphatic carbocycles. The molecule has 0 fully saturated rings. The van der Waals surface area contributed by atoms with Crippen LogP contribution in [-0.2, 0) is 28.2 Å². The van der Waals surface area contributed by atoms with E-state index in [1.54, 1.807) is 0 Å². The Bertz CT molecular complexity index is 869. The molecule has 294 valence electrons. The van der Waals surface area contributed by atoms with Crippen LogP contribution >= 0.6 is 7.82 Å². The van der Waals surface area contributed by atoms with E-state index in [0.717, 1.165) is 57.8 Å². The van der Waals surface area contributed by atoms with Gasteiger partial charge in [-0.15, -0.1) is 0 Å². The van der Waals surface area contributed by atoms with E-state index in [9.17, 15) is 14.2 Å². The van der Waals surface area contributed by atoms with Gasteiger partial charge in [0, 0.05) is 12.8 Å². The Hall–Kier alpha value is -1.47. The van der Waals surface area contributed by atoms with Crippen molar-refractivity contribution in [2.45, 2.75) is 213 Å². The standard InChI is InChI=1S/C41H77O8P/c1-3-5-7-9-11-13-15-17-19-20-22-23-25-27-29-31-33-35-40(42)47-37-39(38-48-50(44,45)46)49-41(43)36-34-32-30-28-26-24-21-18-16-14-12-10-8-6-4-2/h17,19,24,26,39H,3-16,18,20-23,25,27-38H2,1-2H3,(H2,44,45,46)/b19-17+,26-24+/t39-/m1/s1. The normalized spacial score (nSPS) is 12.6. The van der Waals surface area contributed by atoms with Gasteiger partial charge in [0.15, 0.2) is 6.10 Å². The molecule has 1 atom stereocenters. The first-order valence-electron chi connectivity index (χ1n) is 20.6. The van der Waals surface area contributed by atoms with Crippen LogP contribution in [0.3, 0.4) is 0 Å². The van der Waals surface area contributed by atoms with Crippen molar-refractivity contribution in [3.63, 3.8) is 0 Å². The number of hydrogen-bond acceptors (Lipinski definition) is 6. The number of phosphoric ester groups is 1. The van der Waals surface area contributed by atoms with E-state index in [1.807, 2.05) is 0 Å². The van der Waals surface area contributed by atoms with Crippen molar-refractivity contribution >= 4 is 19.8 Å². The van der Waals surface area contributed by atoms with E-state index >= 15 is 0 Å². The van der Waals surface area contributed by atoms with Gasteiger partial charge in [-0.1, -0.05) is 154 Å². The quantitative estimate of drug-likeness (QED) is 0.0279. The van der Waals surface area contributed by atoms with Crippen LogP contribution in [-0.4, -0.2) is 41.0 Å². The summed E-state index contributed by atoms with van der Waals surface area (Å²) in [4.78, 5) is 42.8. The Morgan fingerprint density at radius 1 is 0.500 bits per heavy atom. The summed E-state index contributed by atoms with van der Waals surface area (Å²) in [7, 11) is -4.75. The van der Waals surface area contributed by atoms with Crippen molar-refractivity contribution in [1.82, 2.24) is 0 Å². The third-order valence-corrected chi connectivity index (χ3v) is 9.43. The molecule has 50 heavy (non-hydrogen) atoms. The number of allylic oxidation sites excluding steroid dienone is 4. The number of ether oxygens (including phenoxy) is 2. The van der Waals surface area contributed by atoms with Gasteiger partial charge in [-0.05, 0) is 64.2 Å². The maximum Gasteiger partial charge on any atom is 0.469 e. The average molecular weight is 729 g/mol. The van der Waals surface area contributed by atoms with Crippen LogP contribution in [0.25, 0.3) is 0 Å². The predicted octanol–water partition coefficient (Wildman–Crippen LogP) is 12.4. The highest BCUT2D eigenvalue weighted by molar-refractivity contribution is 7.46. The molecule has 0 aromatic carbocycles. The van der Waals surface area contributed by atoms with Crippen molar-refractivity contribution in [3.8, 4) is 0 Å². The number of hydrogen-bond donors (Lipinski definition) is 2. The minimum absolute atomic E-state index is 0.193. The van der Waals surface area contributed by atoms with E-state index in [1.165, 1.54) is 116 Å². The summed E-state index contributed by atoms with van der Waals surface area (Å²) < 4.78 is 26.3. The lowest BCUT2D eigenvalue weighted by Gasteiger charge is -2.18. The zero-order chi connectivity index (χ0) is 36.8. The molecule has 0 aliphatic rings. The van der Waals surface area contributed by atoms with Crippen LogP contribution in [0, 0.1) is 0 Å². The largest absolute Gasteiger partial charge is 0.469 e. The maximum atomic E-state index is 12.4. The molecule has 8 nitrogen and oxygen atoms in total. The summed E-state index contributed by atoms with van der Waals surface area (Å²) in [6.45, 7) is 3.67. The summed E-state index contributed by atoms with van der Waals surface area (Å²) in [5.74, 6) is -0.903. The number of phosphoric acid groups is 1. The Morgan fingerprint density at radius 2 is 0.840 bits per heavy atom. The second-order valence-corrected chi connectivity index (χ2v) is 15.2. The number of carbonyl (C=O) groups is 2. The van der Waals surface area contributed by atoms with E-state index in [0.29, 0.717) is 6.42 Å². The van der Waals surface area contributed by atoms with Gasteiger partial charge in [0.1, 0.15) is 6.61 Å². The molecule has 0 aromatic rings. The lowest BCUT2D eigenvalue weighted by atomic mass is 10.1. The molecule has 0 amide bonds. The lowest BCUT2D eigenvalue weighted by Crippen LogP contribution is -2.29. The van der Waals surface area contributed by atoms with Crippen LogP contribution in [0.2, 0.25) is 0 Å². The van der Waals surface area contributed by atoms with Crippen molar-refractivity contribution < 1.29 is 37.9 Å². The molecule has 0 heterocycles. The van der Waals surface area contributed by atoms with E-state index < -0.39 is 32.5 Å². The Morgan fingerprint density at radius 3 is 1.24 bits per heavy atom. The molecular formula is C41H77O8P.